The van der Waals surface area contributed by atoms with Crippen molar-refractivity contribution < 1.29 is 4.74 Å². The first-order chi connectivity index (χ1) is 8.78. The Labute approximate surface area is 114 Å². The third-order valence-corrected chi connectivity index (χ3v) is 3.96. The molecular formula is C13H12N2OS2. The average molecular weight is 276 g/mol. The van der Waals surface area contributed by atoms with Gasteiger partial charge in [-0.3, -0.25) is 0 Å². The first-order valence-electron chi connectivity index (χ1n) is 5.55. The Morgan fingerprint density at radius 1 is 1.39 bits per heavy atom. The van der Waals surface area contributed by atoms with Crippen LogP contribution in [-0.2, 0) is 6.54 Å². The number of fused-ring (bicyclic) bond motifs is 1. The van der Waals surface area contributed by atoms with Gasteiger partial charge in [0.15, 0.2) is 4.77 Å². The molecule has 0 radical (unpaired) electrons. The van der Waals surface area contributed by atoms with Crippen molar-refractivity contribution in [1.29, 1.82) is 0 Å². The minimum Gasteiger partial charge on any atom is -0.497 e. The van der Waals surface area contributed by atoms with E-state index in [9.17, 15) is 0 Å². The van der Waals surface area contributed by atoms with Crippen LogP contribution >= 0.6 is 23.6 Å². The van der Waals surface area contributed by atoms with Crippen molar-refractivity contribution in [1.82, 2.24) is 9.55 Å². The van der Waals surface area contributed by atoms with Crippen molar-refractivity contribution in [3.8, 4) is 5.75 Å². The van der Waals surface area contributed by atoms with Gasteiger partial charge in [0, 0.05) is 6.07 Å². The topological polar surface area (TPSA) is 29.9 Å². The Balaban J connectivity index is 2.14. The number of methoxy groups -OCH3 is 1. The van der Waals surface area contributed by atoms with E-state index < -0.39 is 0 Å². The van der Waals surface area contributed by atoms with Crippen molar-refractivity contribution in [3.63, 3.8) is 0 Å². The predicted molar refractivity (Wildman–Crippen MR) is 77.1 cm³/mol. The van der Waals surface area contributed by atoms with Crippen LogP contribution in [0.1, 0.15) is 5.56 Å². The van der Waals surface area contributed by atoms with E-state index in [1.54, 1.807) is 18.4 Å². The van der Waals surface area contributed by atoms with Gasteiger partial charge in [0.1, 0.15) is 5.75 Å². The summed E-state index contributed by atoms with van der Waals surface area (Å²) in [6.07, 6.45) is 0. The molecule has 2 heterocycles. The molecule has 3 aromatic rings. The van der Waals surface area contributed by atoms with Crippen molar-refractivity contribution in [2.45, 2.75) is 6.54 Å². The summed E-state index contributed by atoms with van der Waals surface area (Å²) >= 11 is 7.07. The van der Waals surface area contributed by atoms with Crippen molar-refractivity contribution in [2.24, 2.45) is 0 Å². The summed E-state index contributed by atoms with van der Waals surface area (Å²) in [5.74, 6) is 0.843. The second-order valence-corrected chi connectivity index (χ2v) is 5.20. The number of rotatable bonds is 3. The van der Waals surface area contributed by atoms with Crippen LogP contribution in [0.4, 0.5) is 0 Å². The summed E-state index contributed by atoms with van der Waals surface area (Å²) in [6, 6.07) is 8.05. The third-order valence-electron chi connectivity index (χ3n) is 2.90. The fourth-order valence-corrected chi connectivity index (χ4v) is 2.91. The molecule has 0 aliphatic carbocycles. The summed E-state index contributed by atoms with van der Waals surface area (Å²) in [7, 11) is 1.67. The average Bonchev–Trinajstić information content (AvgIpc) is 2.99. The summed E-state index contributed by atoms with van der Waals surface area (Å²) in [6.45, 7) is 0.787. The lowest BCUT2D eigenvalue weighted by Gasteiger charge is -2.04. The highest BCUT2D eigenvalue weighted by atomic mass is 32.1. The fourth-order valence-electron chi connectivity index (χ4n) is 1.98. The van der Waals surface area contributed by atoms with Crippen LogP contribution < -0.4 is 4.74 Å². The maximum atomic E-state index is 5.38. The maximum absolute atomic E-state index is 5.38. The Kier molecular flexibility index (Phi) is 2.93. The van der Waals surface area contributed by atoms with E-state index in [4.69, 9.17) is 17.0 Å². The van der Waals surface area contributed by atoms with Crippen LogP contribution in [-0.4, -0.2) is 16.7 Å². The van der Waals surface area contributed by atoms with Crippen molar-refractivity contribution in [3.05, 3.63) is 45.4 Å². The number of nitrogens with zero attached hydrogens (tertiary/aromatic N) is 1. The molecule has 0 spiro atoms. The van der Waals surface area contributed by atoms with Crippen molar-refractivity contribution in [2.75, 3.05) is 7.11 Å². The number of hydrogen-bond acceptors (Lipinski definition) is 3. The number of imidazole rings is 1. The van der Waals surface area contributed by atoms with Crippen molar-refractivity contribution >= 4 is 34.6 Å². The van der Waals surface area contributed by atoms with Gasteiger partial charge in [-0.15, -0.1) is 0 Å². The molecule has 0 amide bonds. The molecule has 92 valence electrons. The highest BCUT2D eigenvalue weighted by Crippen LogP contribution is 2.22. The van der Waals surface area contributed by atoms with Gasteiger partial charge in [-0.25, -0.2) is 0 Å². The van der Waals surface area contributed by atoms with Gasteiger partial charge in [0.25, 0.3) is 0 Å². The van der Waals surface area contributed by atoms with Crippen LogP contribution in [0.25, 0.3) is 11.0 Å². The zero-order chi connectivity index (χ0) is 12.5. The molecule has 2 aromatic heterocycles. The standard InChI is InChI=1S/C13H12N2OS2/c1-16-10-2-3-11-12(6-10)15(13(17)14-11)7-9-4-5-18-8-9/h2-6,8H,7H2,1H3,(H,14,17). The normalized spacial score (nSPS) is 10.9. The highest BCUT2D eigenvalue weighted by molar-refractivity contribution is 7.71. The van der Waals surface area contributed by atoms with E-state index in [1.807, 2.05) is 18.2 Å². The van der Waals surface area contributed by atoms with Crippen LogP contribution in [0, 0.1) is 4.77 Å². The second kappa shape index (κ2) is 4.59. The highest BCUT2D eigenvalue weighted by Gasteiger charge is 2.06. The van der Waals surface area contributed by atoms with E-state index in [-0.39, 0.29) is 0 Å². The largest absolute Gasteiger partial charge is 0.497 e. The van der Waals surface area contributed by atoms with Gasteiger partial charge < -0.3 is 14.3 Å². The van der Waals surface area contributed by atoms with Gasteiger partial charge in [0.2, 0.25) is 0 Å². The smallest absolute Gasteiger partial charge is 0.178 e. The number of ether oxygens (including phenoxy) is 1. The van der Waals surface area contributed by atoms with Gasteiger partial charge >= 0.3 is 0 Å². The molecule has 3 nitrogen and oxygen atoms in total. The van der Waals surface area contributed by atoms with E-state index in [0.29, 0.717) is 0 Å². The number of H-pyrrole nitrogens is 1. The maximum Gasteiger partial charge on any atom is 0.178 e. The number of aromatic amines is 1. The molecule has 1 N–H and O–H groups in total. The molecule has 3 rings (SSSR count). The molecule has 0 bridgehead atoms. The lowest BCUT2D eigenvalue weighted by Crippen LogP contribution is -1.98. The van der Waals surface area contributed by atoms with Gasteiger partial charge in [-0.1, -0.05) is 0 Å². The molecule has 0 unspecified atom stereocenters. The Morgan fingerprint density at radius 2 is 2.28 bits per heavy atom. The van der Waals surface area contributed by atoms with E-state index >= 15 is 0 Å². The number of thiophene rings is 1. The zero-order valence-electron chi connectivity index (χ0n) is 9.84. The van der Waals surface area contributed by atoms with Crippen LogP contribution in [0.2, 0.25) is 0 Å². The minimum absolute atomic E-state index is 0.740. The Bertz CT molecular complexity index is 725. The number of aromatic nitrogens is 2. The molecule has 0 saturated heterocycles. The minimum atomic E-state index is 0.740. The molecule has 0 saturated carbocycles. The summed E-state index contributed by atoms with van der Waals surface area (Å²) in [5.41, 5.74) is 3.38. The third kappa shape index (κ3) is 1.95. The predicted octanol–water partition coefficient (Wildman–Crippen LogP) is 3.82. The number of nitrogens with one attached hydrogen (secondary N) is 1. The lowest BCUT2D eigenvalue weighted by atomic mass is 10.3. The first kappa shape index (κ1) is 11.5. The van der Waals surface area contributed by atoms with Crippen LogP contribution in [0.15, 0.2) is 35.0 Å². The SMILES string of the molecule is COc1ccc2[nH]c(=S)n(Cc3ccsc3)c2c1. The second-order valence-electron chi connectivity index (χ2n) is 4.03. The fraction of sp³-hybridized carbons (Fsp3) is 0.154. The molecule has 0 atom stereocenters. The molecular weight excluding hydrogens is 264 g/mol. The van der Waals surface area contributed by atoms with Crippen LogP contribution in [0.5, 0.6) is 5.75 Å². The van der Waals surface area contributed by atoms with Crippen LogP contribution in [0.3, 0.4) is 0 Å². The monoisotopic (exact) mass is 276 g/mol. The summed E-state index contributed by atoms with van der Waals surface area (Å²) < 4.78 is 8.10. The summed E-state index contributed by atoms with van der Waals surface area (Å²) in [5, 5.41) is 4.22. The molecule has 0 aliphatic heterocycles. The summed E-state index contributed by atoms with van der Waals surface area (Å²) in [4.78, 5) is 3.22. The quantitative estimate of drug-likeness (QED) is 0.737. The zero-order valence-corrected chi connectivity index (χ0v) is 11.5. The Hall–Kier alpha value is -1.59. The number of benzene rings is 1. The van der Waals surface area contributed by atoms with E-state index in [2.05, 4.69) is 26.4 Å². The molecule has 5 heteroatoms. The van der Waals surface area contributed by atoms with Gasteiger partial charge in [0.05, 0.1) is 24.7 Å². The first-order valence-corrected chi connectivity index (χ1v) is 6.90. The van der Waals surface area contributed by atoms with Gasteiger partial charge in [-0.05, 0) is 46.7 Å². The molecule has 0 fully saturated rings. The Morgan fingerprint density at radius 3 is 3.00 bits per heavy atom. The van der Waals surface area contributed by atoms with Gasteiger partial charge in [-0.2, -0.15) is 11.3 Å². The molecule has 18 heavy (non-hydrogen) atoms. The lowest BCUT2D eigenvalue weighted by molar-refractivity contribution is 0.415. The molecule has 1 aromatic carbocycles. The van der Waals surface area contributed by atoms with E-state index in [0.717, 1.165) is 28.1 Å². The van der Waals surface area contributed by atoms with E-state index in [1.165, 1.54) is 5.56 Å². The number of hydrogen-bond donors (Lipinski definition) is 1. The molecule has 0 aliphatic rings.